The predicted octanol–water partition coefficient (Wildman–Crippen LogP) is 13.4. The summed E-state index contributed by atoms with van der Waals surface area (Å²) in [6.45, 7) is 0. The van der Waals surface area contributed by atoms with Crippen LogP contribution in [0, 0.1) is 0 Å². The van der Waals surface area contributed by atoms with Gasteiger partial charge in [0.25, 0.3) is 0 Å². The van der Waals surface area contributed by atoms with Crippen LogP contribution in [0.3, 0.4) is 0 Å². The van der Waals surface area contributed by atoms with Crippen LogP contribution in [0.15, 0.2) is 170 Å². The predicted molar refractivity (Wildman–Crippen MR) is 202 cm³/mol. The Morgan fingerprint density at radius 2 is 0.848 bits per heavy atom. The lowest BCUT2D eigenvalue weighted by atomic mass is 10.1. The lowest BCUT2D eigenvalue weighted by Crippen LogP contribution is -2.09. The Bertz CT molecular complexity index is 2440. The molecule has 0 saturated carbocycles. The topological polar surface area (TPSA) is 6.48 Å². The maximum Gasteiger partial charge on any atom is 0.0640 e. The third-order valence-electron chi connectivity index (χ3n) is 8.62. The Hall–Kier alpha value is -5.42. The van der Waals surface area contributed by atoms with Crippen molar-refractivity contribution in [3.63, 3.8) is 0 Å². The molecule has 9 rings (SSSR count). The molecule has 0 aliphatic rings. The van der Waals surface area contributed by atoms with Crippen LogP contribution in [0.1, 0.15) is 0 Å². The monoisotopic (exact) mass is 624 g/mol. The third kappa shape index (κ3) is 4.54. The first-order valence-corrected chi connectivity index (χ1v) is 17.1. The molecule has 2 aromatic heterocycles. The van der Waals surface area contributed by atoms with E-state index in [2.05, 4.69) is 180 Å². The van der Waals surface area contributed by atoms with E-state index >= 15 is 0 Å². The molecule has 0 spiro atoms. The third-order valence-corrected chi connectivity index (χ3v) is 11.0. The van der Waals surface area contributed by atoms with E-state index < -0.39 is 0 Å². The van der Waals surface area contributed by atoms with Crippen LogP contribution in [0.5, 0.6) is 0 Å². The Morgan fingerprint density at radius 3 is 1.57 bits per heavy atom. The number of nitrogens with zero attached hydrogens (tertiary/aromatic N) is 2. The van der Waals surface area contributed by atoms with E-state index in [0.29, 0.717) is 0 Å². The summed E-state index contributed by atoms with van der Waals surface area (Å²) in [5.41, 5.74) is 6.94. The van der Waals surface area contributed by atoms with Crippen molar-refractivity contribution in [2.24, 2.45) is 0 Å². The van der Waals surface area contributed by atoms with Crippen LogP contribution < -0.4 is 9.80 Å². The molecule has 4 heteroatoms. The Kier molecular flexibility index (Phi) is 6.55. The average Bonchev–Trinajstić information content (AvgIpc) is 3.68. The van der Waals surface area contributed by atoms with E-state index in [1.165, 1.54) is 46.0 Å². The van der Waals surface area contributed by atoms with Gasteiger partial charge in [-0.3, -0.25) is 0 Å². The molecule has 0 amide bonds. The zero-order valence-corrected chi connectivity index (χ0v) is 26.5. The molecule has 0 bridgehead atoms. The van der Waals surface area contributed by atoms with Crippen molar-refractivity contribution in [2.45, 2.75) is 0 Å². The van der Waals surface area contributed by atoms with Gasteiger partial charge in [-0.25, -0.2) is 0 Å². The quantitative estimate of drug-likeness (QED) is 0.182. The summed E-state index contributed by atoms with van der Waals surface area (Å²) in [6, 6.07) is 61.2. The first-order chi connectivity index (χ1) is 22.8. The number of para-hydroxylation sites is 3. The van der Waals surface area contributed by atoms with Crippen molar-refractivity contribution in [1.29, 1.82) is 0 Å². The van der Waals surface area contributed by atoms with Crippen molar-refractivity contribution in [1.82, 2.24) is 0 Å². The van der Waals surface area contributed by atoms with E-state index in [1.807, 2.05) is 22.7 Å². The summed E-state index contributed by atoms with van der Waals surface area (Å²) in [4.78, 5) is 4.75. The fraction of sp³-hybridized carbons (Fsp3) is 0. The van der Waals surface area contributed by atoms with E-state index in [4.69, 9.17) is 0 Å². The molecular formula is C42H28N2S2. The number of anilines is 6. The SMILES string of the molecule is c1ccc(N(c2ccccc2)c2ccc3sc4cc(N(c5ccccc5)c5cccc6c5sc5ccccc56)ccc4c3c2)cc1. The molecule has 7 aromatic carbocycles. The molecule has 0 N–H and O–H groups in total. The van der Waals surface area contributed by atoms with Crippen LogP contribution >= 0.6 is 22.7 Å². The number of benzene rings is 7. The average molecular weight is 625 g/mol. The van der Waals surface area contributed by atoms with Gasteiger partial charge in [-0.2, -0.15) is 0 Å². The Balaban J connectivity index is 1.20. The van der Waals surface area contributed by atoms with Crippen molar-refractivity contribution >= 4 is 97.1 Å². The van der Waals surface area contributed by atoms with Crippen LogP contribution in [-0.2, 0) is 0 Å². The summed E-state index contributed by atoms with van der Waals surface area (Å²) in [5.74, 6) is 0. The Morgan fingerprint density at radius 1 is 0.304 bits per heavy atom. The Labute approximate surface area is 275 Å². The van der Waals surface area contributed by atoms with E-state index in [9.17, 15) is 0 Å². The first kappa shape index (κ1) is 26.9. The minimum absolute atomic E-state index is 1.14. The normalized spacial score (nSPS) is 11.5. The molecule has 9 aromatic rings. The van der Waals surface area contributed by atoms with Crippen molar-refractivity contribution in [3.05, 3.63) is 170 Å². The number of fused-ring (bicyclic) bond motifs is 6. The largest absolute Gasteiger partial charge is 0.310 e. The molecule has 46 heavy (non-hydrogen) atoms. The van der Waals surface area contributed by atoms with Gasteiger partial charge in [0.2, 0.25) is 0 Å². The number of hydrogen-bond acceptors (Lipinski definition) is 4. The second-order valence-electron chi connectivity index (χ2n) is 11.4. The van der Waals surface area contributed by atoms with Crippen molar-refractivity contribution in [2.75, 3.05) is 9.80 Å². The molecule has 2 heterocycles. The number of rotatable bonds is 6. The summed E-state index contributed by atoms with van der Waals surface area (Å²) < 4.78 is 5.18. The number of hydrogen-bond donors (Lipinski definition) is 0. The molecule has 218 valence electrons. The van der Waals surface area contributed by atoms with Gasteiger partial charge in [0.05, 0.1) is 10.4 Å². The minimum atomic E-state index is 1.14. The molecule has 0 saturated heterocycles. The molecule has 0 radical (unpaired) electrons. The maximum absolute atomic E-state index is 2.42. The molecular weight excluding hydrogens is 597 g/mol. The van der Waals surface area contributed by atoms with Crippen molar-refractivity contribution < 1.29 is 0 Å². The van der Waals surface area contributed by atoms with Crippen LogP contribution in [0.25, 0.3) is 40.3 Å². The summed E-state index contributed by atoms with van der Waals surface area (Å²) in [5, 5.41) is 5.17. The second-order valence-corrected chi connectivity index (χ2v) is 13.5. The van der Waals surface area contributed by atoms with Gasteiger partial charge < -0.3 is 9.80 Å². The first-order valence-electron chi connectivity index (χ1n) is 15.4. The van der Waals surface area contributed by atoms with Gasteiger partial charge in [0.1, 0.15) is 0 Å². The molecule has 0 atom stereocenters. The van der Waals surface area contributed by atoms with E-state index in [0.717, 1.165) is 28.4 Å². The lowest BCUT2D eigenvalue weighted by Gasteiger charge is -2.26. The molecule has 0 aliphatic carbocycles. The lowest BCUT2D eigenvalue weighted by molar-refractivity contribution is 1.29. The zero-order valence-electron chi connectivity index (χ0n) is 24.9. The van der Waals surface area contributed by atoms with Crippen molar-refractivity contribution in [3.8, 4) is 0 Å². The van der Waals surface area contributed by atoms with E-state index in [1.54, 1.807) is 0 Å². The summed E-state index contributed by atoms with van der Waals surface area (Å²) >= 11 is 3.73. The fourth-order valence-electron chi connectivity index (χ4n) is 6.55. The summed E-state index contributed by atoms with van der Waals surface area (Å²) in [6.07, 6.45) is 0. The molecule has 2 nitrogen and oxygen atoms in total. The number of thiophene rings is 2. The van der Waals surface area contributed by atoms with Gasteiger partial charge in [0.15, 0.2) is 0 Å². The highest BCUT2D eigenvalue weighted by Crippen LogP contribution is 2.47. The van der Waals surface area contributed by atoms with Gasteiger partial charge in [0, 0.05) is 64.1 Å². The highest BCUT2D eigenvalue weighted by Gasteiger charge is 2.19. The highest BCUT2D eigenvalue weighted by atomic mass is 32.1. The van der Waals surface area contributed by atoms with Crippen LogP contribution in [-0.4, -0.2) is 0 Å². The minimum Gasteiger partial charge on any atom is -0.310 e. The van der Waals surface area contributed by atoms with Gasteiger partial charge in [-0.15, -0.1) is 22.7 Å². The van der Waals surface area contributed by atoms with Crippen LogP contribution in [0.2, 0.25) is 0 Å². The smallest absolute Gasteiger partial charge is 0.0640 e. The zero-order chi connectivity index (χ0) is 30.5. The standard InChI is InChI=1S/C42H28N2S2/c1-4-13-29(14-5-1)43(30-15-6-2-7-16-30)32-24-26-40-37(27-32)35-25-23-33(28-41(35)45-40)44(31-17-8-3-9-18-31)38-21-12-20-36-34-19-10-11-22-39(34)46-42(36)38/h1-28H. The highest BCUT2D eigenvalue weighted by molar-refractivity contribution is 7.26. The van der Waals surface area contributed by atoms with Gasteiger partial charge in [-0.1, -0.05) is 91.0 Å². The maximum atomic E-state index is 2.42. The molecule has 0 fully saturated rings. The van der Waals surface area contributed by atoms with Gasteiger partial charge >= 0.3 is 0 Å². The molecule has 0 unspecified atom stereocenters. The summed E-state index contributed by atoms with van der Waals surface area (Å²) in [7, 11) is 0. The molecule has 0 aliphatic heterocycles. The van der Waals surface area contributed by atoms with Gasteiger partial charge in [-0.05, 0) is 78.9 Å². The van der Waals surface area contributed by atoms with E-state index in [-0.39, 0.29) is 0 Å². The second kappa shape index (κ2) is 11.2. The fourth-order valence-corrected chi connectivity index (χ4v) is 8.87. The van der Waals surface area contributed by atoms with Crippen LogP contribution in [0.4, 0.5) is 34.1 Å².